The summed E-state index contributed by atoms with van der Waals surface area (Å²) in [6.45, 7) is 7.29. The van der Waals surface area contributed by atoms with Gasteiger partial charge in [0, 0.05) is 19.6 Å². The van der Waals surface area contributed by atoms with Crippen LogP contribution in [0.5, 0.6) is 0 Å². The van der Waals surface area contributed by atoms with E-state index < -0.39 is 0 Å². The molecule has 0 aromatic carbocycles. The number of piperidine rings is 1. The van der Waals surface area contributed by atoms with Gasteiger partial charge in [-0.15, -0.1) is 12.4 Å². The fraction of sp³-hybridized carbons (Fsp3) is 0.929. The molecule has 1 amide bonds. The number of amides is 1. The maximum absolute atomic E-state index is 12.6. The van der Waals surface area contributed by atoms with E-state index in [2.05, 4.69) is 12.2 Å². The Morgan fingerprint density at radius 3 is 2.63 bits per heavy atom. The monoisotopic (exact) mass is 292 g/mol. The van der Waals surface area contributed by atoms with Crippen LogP contribution in [0.2, 0.25) is 0 Å². The van der Waals surface area contributed by atoms with Crippen LogP contribution in [-0.2, 0) is 4.79 Å². The Balaban J connectivity index is 0.00000324. The molecule has 0 radical (unpaired) electrons. The maximum atomic E-state index is 12.6. The number of hydrogen-bond donors (Lipinski definition) is 2. The number of carbonyl (C=O) groups is 1. The molecule has 0 bridgehead atoms. The fourth-order valence-corrected chi connectivity index (χ4v) is 2.61. The Labute approximate surface area is 123 Å². The van der Waals surface area contributed by atoms with E-state index in [1.165, 1.54) is 0 Å². The lowest BCUT2D eigenvalue weighted by molar-refractivity contribution is -0.142. The number of aliphatic hydroxyl groups excluding tert-OH is 1. The molecular weight excluding hydrogens is 264 g/mol. The number of hydrogen-bond acceptors (Lipinski definition) is 3. The molecule has 0 aromatic rings. The van der Waals surface area contributed by atoms with Gasteiger partial charge in [-0.3, -0.25) is 4.79 Å². The minimum atomic E-state index is -0.278. The van der Waals surface area contributed by atoms with E-state index >= 15 is 0 Å². The molecule has 1 saturated heterocycles. The molecule has 114 valence electrons. The molecule has 0 aliphatic carbocycles. The van der Waals surface area contributed by atoms with Crippen LogP contribution < -0.4 is 5.32 Å². The SMILES string of the molecule is CCCCCN(CCO)C(=O)C1(C)CCCNC1.Cl. The molecule has 1 aliphatic heterocycles. The Kier molecular flexibility index (Phi) is 9.40. The van der Waals surface area contributed by atoms with Gasteiger partial charge in [0.2, 0.25) is 5.91 Å². The van der Waals surface area contributed by atoms with Gasteiger partial charge in [-0.2, -0.15) is 0 Å². The number of rotatable bonds is 7. The minimum absolute atomic E-state index is 0. The molecule has 0 spiro atoms. The molecule has 1 unspecified atom stereocenters. The second-order valence-corrected chi connectivity index (χ2v) is 5.56. The van der Waals surface area contributed by atoms with Crippen molar-refractivity contribution in [2.75, 3.05) is 32.8 Å². The van der Waals surface area contributed by atoms with Crippen molar-refractivity contribution >= 4 is 18.3 Å². The largest absolute Gasteiger partial charge is 0.395 e. The predicted octanol–water partition coefficient (Wildman–Crippen LogP) is 1.81. The highest BCUT2D eigenvalue weighted by Gasteiger charge is 2.37. The van der Waals surface area contributed by atoms with Gasteiger partial charge in [0.05, 0.1) is 12.0 Å². The first-order valence-electron chi connectivity index (χ1n) is 7.25. The normalized spacial score (nSPS) is 22.7. The zero-order valence-corrected chi connectivity index (χ0v) is 13.1. The molecule has 0 saturated carbocycles. The lowest BCUT2D eigenvalue weighted by Crippen LogP contribution is -2.51. The molecule has 1 atom stereocenters. The molecule has 1 aliphatic rings. The van der Waals surface area contributed by atoms with Crippen molar-refractivity contribution in [1.29, 1.82) is 0 Å². The van der Waals surface area contributed by atoms with Gasteiger partial charge in [-0.25, -0.2) is 0 Å². The van der Waals surface area contributed by atoms with E-state index in [0.29, 0.717) is 6.54 Å². The van der Waals surface area contributed by atoms with Gasteiger partial charge in [-0.05, 0) is 32.7 Å². The van der Waals surface area contributed by atoms with E-state index in [0.717, 1.165) is 51.7 Å². The van der Waals surface area contributed by atoms with E-state index in [1.807, 2.05) is 11.8 Å². The fourth-order valence-electron chi connectivity index (χ4n) is 2.61. The van der Waals surface area contributed by atoms with Crippen molar-refractivity contribution < 1.29 is 9.90 Å². The zero-order valence-electron chi connectivity index (χ0n) is 12.3. The van der Waals surface area contributed by atoms with E-state index in [9.17, 15) is 4.79 Å². The summed E-state index contributed by atoms with van der Waals surface area (Å²) in [5.74, 6) is 0.208. The third-order valence-corrected chi connectivity index (χ3v) is 3.80. The van der Waals surface area contributed by atoms with Gasteiger partial charge < -0.3 is 15.3 Å². The van der Waals surface area contributed by atoms with Gasteiger partial charge in [-0.1, -0.05) is 19.8 Å². The van der Waals surface area contributed by atoms with Crippen LogP contribution >= 0.6 is 12.4 Å². The quantitative estimate of drug-likeness (QED) is 0.704. The topological polar surface area (TPSA) is 52.6 Å². The number of unbranched alkanes of at least 4 members (excludes halogenated alkanes) is 2. The van der Waals surface area contributed by atoms with Gasteiger partial charge in [0.1, 0.15) is 0 Å². The summed E-state index contributed by atoms with van der Waals surface area (Å²) in [5.41, 5.74) is -0.278. The van der Waals surface area contributed by atoms with Crippen LogP contribution in [0.3, 0.4) is 0 Å². The number of aliphatic hydroxyl groups is 1. The Morgan fingerprint density at radius 2 is 2.11 bits per heavy atom. The van der Waals surface area contributed by atoms with Crippen molar-refractivity contribution in [1.82, 2.24) is 10.2 Å². The summed E-state index contributed by atoms with van der Waals surface area (Å²) >= 11 is 0. The molecule has 19 heavy (non-hydrogen) atoms. The number of nitrogens with zero attached hydrogens (tertiary/aromatic N) is 1. The molecule has 1 rings (SSSR count). The smallest absolute Gasteiger partial charge is 0.229 e. The van der Waals surface area contributed by atoms with E-state index in [4.69, 9.17) is 5.11 Å². The van der Waals surface area contributed by atoms with Crippen LogP contribution in [0.1, 0.15) is 46.0 Å². The predicted molar refractivity (Wildman–Crippen MR) is 80.6 cm³/mol. The van der Waals surface area contributed by atoms with Gasteiger partial charge in [0.15, 0.2) is 0 Å². The lowest BCUT2D eigenvalue weighted by Gasteiger charge is -2.37. The number of halogens is 1. The molecule has 1 heterocycles. The van der Waals surface area contributed by atoms with E-state index in [-0.39, 0.29) is 30.3 Å². The zero-order chi connectivity index (χ0) is 13.4. The first-order valence-corrected chi connectivity index (χ1v) is 7.25. The molecule has 2 N–H and O–H groups in total. The second-order valence-electron chi connectivity index (χ2n) is 5.56. The first-order chi connectivity index (χ1) is 8.64. The van der Waals surface area contributed by atoms with Crippen LogP contribution in [-0.4, -0.2) is 48.7 Å². The number of nitrogens with one attached hydrogen (secondary N) is 1. The first kappa shape index (κ1) is 18.7. The van der Waals surface area contributed by atoms with Crippen molar-refractivity contribution in [3.8, 4) is 0 Å². The van der Waals surface area contributed by atoms with Crippen molar-refractivity contribution in [2.45, 2.75) is 46.0 Å². The summed E-state index contributed by atoms with van der Waals surface area (Å²) in [5, 5.41) is 12.4. The second kappa shape index (κ2) is 9.56. The van der Waals surface area contributed by atoms with Crippen molar-refractivity contribution in [2.24, 2.45) is 5.41 Å². The molecule has 5 heteroatoms. The Hall–Kier alpha value is -0.320. The van der Waals surface area contributed by atoms with Crippen LogP contribution in [0.25, 0.3) is 0 Å². The molecule has 0 aromatic heterocycles. The molecule has 4 nitrogen and oxygen atoms in total. The number of carbonyl (C=O) groups excluding carboxylic acids is 1. The van der Waals surface area contributed by atoms with Crippen molar-refractivity contribution in [3.63, 3.8) is 0 Å². The molecular formula is C14H29ClN2O2. The summed E-state index contributed by atoms with van der Waals surface area (Å²) < 4.78 is 0. The highest BCUT2D eigenvalue weighted by Crippen LogP contribution is 2.28. The standard InChI is InChI=1S/C14H28N2O2.ClH/c1-3-4-5-9-16(10-11-17)13(18)14(2)7-6-8-15-12-14;/h15,17H,3-12H2,1-2H3;1H. The van der Waals surface area contributed by atoms with Crippen LogP contribution in [0, 0.1) is 5.41 Å². The highest BCUT2D eigenvalue weighted by molar-refractivity contribution is 5.85. The Morgan fingerprint density at radius 1 is 1.37 bits per heavy atom. The molecule has 1 fully saturated rings. The minimum Gasteiger partial charge on any atom is -0.395 e. The summed E-state index contributed by atoms with van der Waals surface area (Å²) in [6.07, 6.45) is 5.34. The highest BCUT2D eigenvalue weighted by atomic mass is 35.5. The van der Waals surface area contributed by atoms with Crippen LogP contribution in [0.4, 0.5) is 0 Å². The van der Waals surface area contributed by atoms with Crippen LogP contribution in [0.15, 0.2) is 0 Å². The average Bonchev–Trinajstić information content (AvgIpc) is 2.38. The van der Waals surface area contributed by atoms with E-state index in [1.54, 1.807) is 0 Å². The van der Waals surface area contributed by atoms with Gasteiger partial charge in [0.25, 0.3) is 0 Å². The van der Waals surface area contributed by atoms with Gasteiger partial charge >= 0.3 is 0 Å². The third kappa shape index (κ3) is 5.67. The van der Waals surface area contributed by atoms with Crippen molar-refractivity contribution in [3.05, 3.63) is 0 Å². The summed E-state index contributed by atoms with van der Waals surface area (Å²) in [4.78, 5) is 14.4. The average molecular weight is 293 g/mol. The third-order valence-electron chi connectivity index (χ3n) is 3.80. The maximum Gasteiger partial charge on any atom is 0.229 e. The summed E-state index contributed by atoms with van der Waals surface area (Å²) in [7, 11) is 0. The summed E-state index contributed by atoms with van der Waals surface area (Å²) in [6, 6.07) is 0. The Bertz CT molecular complexity index is 256. The lowest BCUT2D eigenvalue weighted by atomic mass is 9.81.